The standard InChI is InChI=1S/C58H45BN2/c1-57(2,3)39-23-26-41(27-24-39)60-48-28-25-40(58(4,5)6)33-46(48)59-47-30-37-15-11-18-44-42-16-9-10-17-43(42)45-19-12-20-49-53(45)54(52(37)44)56(47)61(49)51-32-38(31-50(60)55(51)59)36-22-21-34-13-7-8-14-35(34)29-36/h7-33H,1-6H3. The Morgan fingerprint density at radius 1 is 0.410 bits per heavy atom. The molecule has 3 aliphatic rings. The molecule has 0 saturated carbocycles. The number of aromatic nitrogens is 1. The summed E-state index contributed by atoms with van der Waals surface area (Å²) in [5.74, 6) is 0. The third-order valence-corrected chi connectivity index (χ3v) is 14.2. The van der Waals surface area contributed by atoms with E-state index in [-0.39, 0.29) is 17.5 Å². The zero-order valence-corrected chi connectivity index (χ0v) is 35.6. The Morgan fingerprint density at radius 2 is 1.05 bits per heavy atom. The maximum atomic E-state index is 2.66. The summed E-state index contributed by atoms with van der Waals surface area (Å²) in [5.41, 5.74) is 22.1. The maximum Gasteiger partial charge on any atom is 0.252 e. The number of fused-ring (bicyclic) bond motifs is 9. The second-order valence-electron chi connectivity index (χ2n) is 19.8. The summed E-state index contributed by atoms with van der Waals surface area (Å²) in [6.45, 7) is 14.0. The van der Waals surface area contributed by atoms with Gasteiger partial charge in [0, 0.05) is 33.5 Å². The summed E-state index contributed by atoms with van der Waals surface area (Å²) in [5, 5.41) is 7.90. The molecule has 0 atom stereocenters. The Hall–Kier alpha value is -6.84. The van der Waals surface area contributed by atoms with Gasteiger partial charge in [-0.1, -0.05) is 163 Å². The van der Waals surface area contributed by atoms with Gasteiger partial charge in [0.15, 0.2) is 0 Å². The molecule has 10 aromatic rings. The van der Waals surface area contributed by atoms with Crippen LogP contribution in [0.4, 0.5) is 17.1 Å². The molecule has 1 aliphatic carbocycles. The third-order valence-electron chi connectivity index (χ3n) is 14.2. The highest BCUT2D eigenvalue weighted by Crippen LogP contribution is 2.51. The van der Waals surface area contributed by atoms with E-state index in [0.717, 1.165) is 0 Å². The van der Waals surface area contributed by atoms with Crippen LogP contribution in [0.25, 0.3) is 82.4 Å². The number of nitrogens with zero attached hydrogens (tertiary/aromatic N) is 2. The maximum absolute atomic E-state index is 2.66. The van der Waals surface area contributed by atoms with E-state index < -0.39 is 0 Å². The van der Waals surface area contributed by atoms with Gasteiger partial charge in [0.25, 0.3) is 6.71 Å². The summed E-state index contributed by atoms with van der Waals surface area (Å²) < 4.78 is 2.66. The molecule has 2 nitrogen and oxygen atoms in total. The molecule has 3 heterocycles. The number of hydrogen-bond donors (Lipinski definition) is 0. The van der Waals surface area contributed by atoms with Crippen LogP contribution in [0, 0.1) is 0 Å². The second-order valence-corrected chi connectivity index (χ2v) is 19.8. The van der Waals surface area contributed by atoms with Gasteiger partial charge in [0.1, 0.15) is 0 Å². The van der Waals surface area contributed by atoms with Gasteiger partial charge >= 0.3 is 0 Å². The number of hydrogen-bond acceptors (Lipinski definition) is 1. The lowest BCUT2D eigenvalue weighted by Gasteiger charge is -2.41. The monoisotopic (exact) mass is 780 g/mol. The third kappa shape index (κ3) is 4.75. The molecule has 0 N–H and O–H groups in total. The molecule has 13 rings (SSSR count). The van der Waals surface area contributed by atoms with Crippen LogP contribution in [0.15, 0.2) is 164 Å². The fourth-order valence-electron chi connectivity index (χ4n) is 11.2. The summed E-state index contributed by atoms with van der Waals surface area (Å²) in [6, 6.07) is 63.0. The van der Waals surface area contributed by atoms with Crippen molar-refractivity contribution in [1.29, 1.82) is 0 Å². The van der Waals surface area contributed by atoms with E-state index in [2.05, 4.69) is 215 Å². The van der Waals surface area contributed by atoms with Crippen LogP contribution < -0.4 is 21.3 Å². The highest BCUT2D eigenvalue weighted by Gasteiger charge is 2.44. The summed E-state index contributed by atoms with van der Waals surface area (Å²) in [7, 11) is 0. The molecule has 0 bridgehead atoms. The quantitative estimate of drug-likeness (QED) is 0.159. The molecule has 0 unspecified atom stereocenters. The van der Waals surface area contributed by atoms with Crippen molar-refractivity contribution in [2.75, 3.05) is 4.90 Å². The lowest BCUT2D eigenvalue weighted by molar-refractivity contribution is 0.590. The first-order chi connectivity index (χ1) is 29.5. The smallest absolute Gasteiger partial charge is 0.252 e. The zero-order valence-electron chi connectivity index (χ0n) is 35.6. The Labute approximate surface area is 357 Å². The van der Waals surface area contributed by atoms with Crippen molar-refractivity contribution in [2.24, 2.45) is 0 Å². The average Bonchev–Trinajstić information content (AvgIpc) is 3.56. The van der Waals surface area contributed by atoms with Crippen molar-refractivity contribution >= 4 is 83.5 Å². The van der Waals surface area contributed by atoms with Crippen molar-refractivity contribution in [3.8, 4) is 39.1 Å². The Bertz CT molecular complexity index is 3550. The second kappa shape index (κ2) is 11.9. The van der Waals surface area contributed by atoms with Crippen LogP contribution in [0.5, 0.6) is 0 Å². The average molecular weight is 781 g/mol. The van der Waals surface area contributed by atoms with Gasteiger partial charge in [0.05, 0.1) is 11.0 Å². The summed E-state index contributed by atoms with van der Waals surface area (Å²) in [6.07, 6.45) is 0. The highest BCUT2D eigenvalue weighted by molar-refractivity contribution is 7.00. The van der Waals surface area contributed by atoms with Gasteiger partial charge in [-0.3, -0.25) is 0 Å². The van der Waals surface area contributed by atoms with Crippen LogP contribution in [0.1, 0.15) is 52.7 Å². The number of rotatable bonds is 2. The minimum Gasteiger partial charge on any atom is -0.311 e. The van der Waals surface area contributed by atoms with Gasteiger partial charge in [-0.05, 0) is 136 Å². The Balaban J connectivity index is 1.22. The van der Waals surface area contributed by atoms with E-state index in [1.54, 1.807) is 0 Å². The zero-order chi connectivity index (χ0) is 41.1. The van der Waals surface area contributed by atoms with Crippen LogP contribution in [-0.2, 0) is 10.8 Å². The van der Waals surface area contributed by atoms with E-state index in [9.17, 15) is 0 Å². The van der Waals surface area contributed by atoms with Gasteiger partial charge in [0.2, 0.25) is 0 Å². The predicted molar refractivity (Wildman–Crippen MR) is 262 cm³/mol. The first kappa shape index (κ1) is 35.0. The molecular weight excluding hydrogens is 735 g/mol. The predicted octanol–water partition coefficient (Wildman–Crippen LogP) is 13.6. The van der Waals surface area contributed by atoms with E-state index in [1.165, 1.54) is 127 Å². The first-order valence-electron chi connectivity index (χ1n) is 21.9. The van der Waals surface area contributed by atoms with E-state index >= 15 is 0 Å². The molecule has 1 aromatic heterocycles. The van der Waals surface area contributed by atoms with Gasteiger partial charge in [-0.15, -0.1) is 0 Å². The summed E-state index contributed by atoms with van der Waals surface area (Å²) >= 11 is 0. The fourth-order valence-corrected chi connectivity index (χ4v) is 11.2. The molecule has 2 aliphatic heterocycles. The molecule has 0 radical (unpaired) electrons. The molecular formula is C58H45BN2. The van der Waals surface area contributed by atoms with Crippen molar-refractivity contribution < 1.29 is 0 Å². The van der Waals surface area contributed by atoms with E-state index in [4.69, 9.17) is 0 Å². The van der Waals surface area contributed by atoms with Crippen LogP contribution in [-0.4, -0.2) is 11.3 Å². The van der Waals surface area contributed by atoms with Crippen LogP contribution >= 0.6 is 0 Å². The highest BCUT2D eigenvalue weighted by atomic mass is 15.2. The molecule has 3 heteroatoms. The molecule has 61 heavy (non-hydrogen) atoms. The van der Waals surface area contributed by atoms with E-state index in [1.807, 2.05) is 0 Å². The van der Waals surface area contributed by atoms with E-state index in [0.29, 0.717) is 0 Å². The van der Waals surface area contributed by atoms with Crippen molar-refractivity contribution in [1.82, 2.24) is 4.57 Å². The lowest BCUT2D eigenvalue weighted by atomic mass is 9.33. The van der Waals surface area contributed by atoms with Crippen LogP contribution in [0.2, 0.25) is 0 Å². The minimum atomic E-state index is -0.0200. The normalized spacial score (nSPS) is 13.7. The Morgan fingerprint density at radius 3 is 1.80 bits per heavy atom. The van der Waals surface area contributed by atoms with Crippen molar-refractivity contribution in [3.63, 3.8) is 0 Å². The number of benzene rings is 9. The molecule has 0 amide bonds. The van der Waals surface area contributed by atoms with Gasteiger partial charge in [-0.2, -0.15) is 0 Å². The van der Waals surface area contributed by atoms with Crippen molar-refractivity contribution in [2.45, 2.75) is 52.4 Å². The molecule has 0 spiro atoms. The van der Waals surface area contributed by atoms with Gasteiger partial charge in [-0.25, -0.2) is 0 Å². The lowest BCUT2D eigenvalue weighted by Crippen LogP contribution is -2.60. The molecule has 9 aromatic carbocycles. The first-order valence-corrected chi connectivity index (χ1v) is 21.9. The fraction of sp³-hybridized carbons (Fsp3) is 0.138. The largest absolute Gasteiger partial charge is 0.311 e. The minimum absolute atomic E-state index is 0.0200. The topological polar surface area (TPSA) is 8.17 Å². The van der Waals surface area contributed by atoms with Gasteiger partial charge < -0.3 is 9.47 Å². The SMILES string of the molecule is CC(C)(C)c1ccc(N2c3ccc(C(C)(C)C)cc3B3c4c2cc(-c2ccc5ccccc5c2)cc4-n2c4cccc5c4c4c6c(cccc6cc3c42)-c2ccccc2-5)cc1. The molecule has 0 saturated heterocycles. The number of anilines is 3. The Kier molecular flexibility index (Phi) is 6.83. The van der Waals surface area contributed by atoms with Crippen LogP contribution in [0.3, 0.4) is 0 Å². The van der Waals surface area contributed by atoms with Crippen molar-refractivity contribution in [3.05, 3.63) is 175 Å². The summed E-state index contributed by atoms with van der Waals surface area (Å²) in [4.78, 5) is 2.58. The molecule has 290 valence electrons. The molecule has 0 fully saturated rings.